The summed E-state index contributed by atoms with van der Waals surface area (Å²) in [5.41, 5.74) is 0. The largest absolute Gasteiger partial charge is 0.311 e. The van der Waals surface area contributed by atoms with Crippen molar-refractivity contribution in [3.63, 3.8) is 0 Å². The molecule has 94 valence electrons. The quantitative estimate of drug-likeness (QED) is 0.743. The van der Waals surface area contributed by atoms with E-state index in [1.807, 2.05) is 0 Å². The highest BCUT2D eigenvalue weighted by atomic mass is 15.0. The third-order valence-corrected chi connectivity index (χ3v) is 4.88. The predicted molar refractivity (Wildman–Crippen MR) is 70.5 cm³/mol. The van der Waals surface area contributed by atoms with Crippen LogP contribution < -0.4 is 5.32 Å². The fourth-order valence-corrected chi connectivity index (χ4v) is 3.14. The first kappa shape index (κ1) is 12.4. The molecule has 0 aliphatic heterocycles. The van der Waals surface area contributed by atoms with Crippen molar-refractivity contribution in [2.24, 2.45) is 17.8 Å². The van der Waals surface area contributed by atoms with Crippen molar-refractivity contribution in [1.29, 1.82) is 0 Å². The van der Waals surface area contributed by atoms with Gasteiger partial charge in [-0.05, 0) is 49.9 Å². The van der Waals surface area contributed by atoms with Crippen LogP contribution in [0.1, 0.15) is 65.7 Å². The molecule has 2 rings (SSSR count). The van der Waals surface area contributed by atoms with E-state index in [9.17, 15) is 0 Å². The van der Waals surface area contributed by atoms with E-state index in [1.165, 1.54) is 44.9 Å². The summed E-state index contributed by atoms with van der Waals surface area (Å²) >= 11 is 0. The van der Waals surface area contributed by atoms with Crippen LogP contribution in [-0.2, 0) is 0 Å². The Kier molecular flexibility index (Phi) is 4.29. The van der Waals surface area contributed by atoms with Gasteiger partial charge in [-0.1, -0.05) is 33.6 Å². The van der Waals surface area contributed by atoms with Crippen LogP contribution in [0.15, 0.2) is 0 Å². The van der Waals surface area contributed by atoms with E-state index in [-0.39, 0.29) is 0 Å². The fraction of sp³-hybridized carbons (Fsp3) is 1.00. The lowest BCUT2D eigenvalue weighted by atomic mass is 9.79. The van der Waals surface area contributed by atoms with Gasteiger partial charge in [-0.2, -0.15) is 0 Å². The molecule has 1 N–H and O–H groups in total. The molecule has 2 aliphatic carbocycles. The van der Waals surface area contributed by atoms with Gasteiger partial charge in [0.15, 0.2) is 0 Å². The second-order valence-corrected chi connectivity index (χ2v) is 6.42. The minimum atomic E-state index is 0.804. The molecule has 0 aromatic heterocycles. The fourth-order valence-electron chi connectivity index (χ4n) is 3.14. The Morgan fingerprint density at radius 2 is 1.81 bits per heavy atom. The first-order valence-electron chi connectivity index (χ1n) is 7.45. The molecule has 2 saturated carbocycles. The topological polar surface area (TPSA) is 12.0 Å². The van der Waals surface area contributed by atoms with Crippen LogP contribution in [0.2, 0.25) is 0 Å². The van der Waals surface area contributed by atoms with Gasteiger partial charge in [-0.3, -0.25) is 0 Å². The molecule has 0 aromatic rings. The Morgan fingerprint density at radius 3 is 2.38 bits per heavy atom. The minimum Gasteiger partial charge on any atom is -0.311 e. The predicted octanol–water partition coefficient (Wildman–Crippen LogP) is 3.98. The van der Waals surface area contributed by atoms with Gasteiger partial charge in [-0.15, -0.1) is 0 Å². The molecule has 2 fully saturated rings. The monoisotopic (exact) mass is 223 g/mol. The Hall–Kier alpha value is -0.0400. The third kappa shape index (κ3) is 3.48. The maximum absolute atomic E-state index is 3.93. The van der Waals surface area contributed by atoms with Crippen LogP contribution in [0.25, 0.3) is 0 Å². The Morgan fingerprint density at radius 1 is 1.06 bits per heavy atom. The van der Waals surface area contributed by atoms with E-state index in [2.05, 4.69) is 26.1 Å². The van der Waals surface area contributed by atoms with Crippen LogP contribution in [0.4, 0.5) is 0 Å². The van der Waals surface area contributed by atoms with Crippen molar-refractivity contribution in [2.75, 3.05) is 0 Å². The van der Waals surface area contributed by atoms with Crippen molar-refractivity contribution in [1.82, 2.24) is 5.32 Å². The summed E-state index contributed by atoms with van der Waals surface area (Å²) < 4.78 is 0. The van der Waals surface area contributed by atoms with Crippen LogP contribution in [-0.4, -0.2) is 12.1 Å². The van der Waals surface area contributed by atoms with Gasteiger partial charge in [-0.25, -0.2) is 0 Å². The number of hydrogen-bond donors (Lipinski definition) is 1. The van der Waals surface area contributed by atoms with Crippen molar-refractivity contribution in [3.8, 4) is 0 Å². The summed E-state index contributed by atoms with van der Waals surface area (Å²) in [6.07, 6.45) is 9.99. The summed E-state index contributed by atoms with van der Waals surface area (Å²) in [6.45, 7) is 7.19. The molecule has 0 saturated heterocycles. The Balaban J connectivity index is 1.74. The first-order valence-corrected chi connectivity index (χ1v) is 7.45. The summed E-state index contributed by atoms with van der Waals surface area (Å²) in [7, 11) is 0. The smallest absolute Gasteiger partial charge is 0.00723 e. The van der Waals surface area contributed by atoms with Crippen molar-refractivity contribution in [3.05, 3.63) is 0 Å². The van der Waals surface area contributed by atoms with Crippen LogP contribution >= 0.6 is 0 Å². The standard InChI is InChI=1S/C15H29N/c1-4-14(10-13-6-7-13)16-15-8-5-11(2)12(3)9-15/h11-16H,4-10H2,1-3H3. The summed E-state index contributed by atoms with van der Waals surface area (Å²) in [5.74, 6) is 2.93. The molecule has 0 heterocycles. The van der Waals surface area contributed by atoms with Gasteiger partial charge >= 0.3 is 0 Å². The van der Waals surface area contributed by atoms with E-state index in [0.29, 0.717) is 0 Å². The summed E-state index contributed by atoms with van der Waals surface area (Å²) in [6, 6.07) is 1.62. The Bertz CT molecular complexity index is 209. The summed E-state index contributed by atoms with van der Waals surface area (Å²) in [4.78, 5) is 0. The molecule has 1 nitrogen and oxygen atoms in total. The van der Waals surface area contributed by atoms with Crippen LogP contribution in [0.5, 0.6) is 0 Å². The highest BCUT2D eigenvalue weighted by Gasteiger charge is 2.28. The number of nitrogens with one attached hydrogen (secondary N) is 1. The second kappa shape index (κ2) is 5.53. The van der Waals surface area contributed by atoms with Gasteiger partial charge in [0, 0.05) is 12.1 Å². The zero-order valence-electron chi connectivity index (χ0n) is 11.3. The highest BCUT2D eigenvalue weighted by Crippen LogP contribution is 2.35. The lowest BCUT2D eigenvalue weighted by Crippen LogP contribution is -2.42. The average Bonchev–Trinajstić information content (AvgIpc) is 3.06. The van der Waals surface area contributed by atoms with Crippen molar-refractivity contribution >= 4 is 0 Å². The maximum Gasteiger partial charge on any atom is 0.00723 e. The van der Waals surface area contributed by atoms with Crippen molar-refractivity contribution < 1.29 is 0 Å². The SMILES string of the molecule is CCC(CC1CC1)NC1CCC(C)C(C)C1. The molecular formula is C15H29N. The highest BCUT2D eigenvalue weighted by molar-refractivity contribution is 4.85. The molecule has 4 unspecified atom stereocenters. The molecule has 0 radical (unpaired) electrons. The average molecular weight is 223 g/mol. The molecule has 1 heteroatoms. The molecule has 0 amide bonds. The number of rotatable bonds is 5. The van der Waals surface area contributed by atoms with Gasteiger partial charge in [0.05, 0.1) is 0 Å². The van der Waals surface area contributed by atoms with Gasteiger partial charge in [0.1, 0.15) is 0 Å². The van der Waals surface area contributed by atoms with Gasteiger partial charge in [0.2, 0.25) is 0 Å². The zero-order chi connectivity index (χ0) is 11.5. The molecule has 16 heavy (non-hydrogen) atoms. The first-order chi connectivity index (χ1) is 7.69. The molecular weight excluding hydrogens is 194 g/mol. The van der Waals surface area contributed by atoms with E-state index in [4.69, 9.17) is 0 Å². The Labute approximate surface area is 101 Å². The number of hydrogen-bond acceptors (Lipinski definition) is 1. The van der Waals surface area contributed by atoms with E-state index >= 15 is 0 Å². The van der Waals surface area contributed by atoms with E-state index < -0.39 is 0 Å². The third-order valence-electron chi connectivity index (χ3n) is 4.88. The normalized spacial score (nSPS) is 37.3. The van der Waals surface area contributed by atoms with Crippen molar-refractivity contribution in [2.45, 2.75) is 77.8 Å². The van der Waals surface area contributed by atoms with Gasteiger partial charge in [0.25, 0.3) is 0 Å². The minimum absolute atomic E-state index is 0.804. The zero-order valence-corrected chi connectivity index (χ0v) is 11.3. The maximum atomic E-state index is 3.93. The molecule has 0 spiro atoms. The van der Waals surface area contributed by atoms with Crippen LogP contribution in [0.3, 0.4) is 0 Å². The summed E-state index contributed by atoms with van der Waals surface area (Å²) in [5, 5.41) is 3.93. The van der Waals surface area contributed by atoms with E-state index in [1.54, 1.807) is 0 Å². The molecule has 4 atom stereocenters. The van der Waals surface area contributed by atoms with E-state index in [0.717, 1.165) is 29.8 Å². The lowest BCUT2D eigenvalue weighted by molar-refractivity contribution is 0.210. The van der Waals surface area contributed by atoms with Crippen LogP contribution in [0, 0.1) is 17.8 Å². The van der Waals surface area contributed by atoms with Gasteiger partial charge < -0.3 is 5.32 Å². The molecule has 0 aromatic carbocycles. The lowest BCUT2D eigenvalue weighted by Gasteiger charge is -2.35. The molecule has 0 bridgehead atoms. The second-order valence-electron chi connectivity index (χ2n) is 6.42. The molecule has 2 aliphatic rings.